The molecular formula is C13H16N2O2S. The molecule has 18 heavy (non-hydrogen) atoms. The second kappa shape index (κ2) is 5.84. The quantitative estimate of drug-likeness (QED) is 0.901. The zero-order valence-electron chi connectivity index (χ0n) is 10.4. The minimum atomic E-state index is -0.170. The summed E-state index contributed by atoms with van der Waals surface area (Å²) in [7, 11) is 3.27. The predicted molar refractivity (Wildman–Crippen MR) is 72.3 cm³/mol. The third kappa shape index (κ3) is 2.63. The van der Waals surface area contributed by atoms with Crippen molar-refractivity contribution in [1.82, 2.24) is 4.98 Å². The van der Waals surface area contributed by atoms with Crippen molar-refractivity contribution >= 4 is 11.3 Å². The first-order valence-electron chi connectivity index (χ1n) is 5.60. The Kier molecular flexibility index (Phi) is 4.17. The van der Waals surface area contributed by atoms with Crippen LogP contribution < -0.4 is 15.2 Å². The Labute approximate surface area is 110 Å². The van der Waals surface area contributed by atoms with Gasteiger partial charge >= 0.3 is 0 Å². The summed E-state index contributed by atoms with van der Waals surface area (Å²) in [4.78, 5) is 5.20. The number of rotatable bonds is 5. The van der Waals surface area contributed by atoms with Crippen LogP contribution in [0.25, 0.3) is 0 Å². The number of methoxy groups -OCH3 is 2. The highest BCUT2D eigenvalue weighted by atomic mass is 32.1. The minimum absolute atomic E-state index is 0.170. The Hall–Kier alpha value is -1.59. The summed E-state index contributed by atoms with van der Waals surface area (Å²) < 4.78 is 10.7. The van der Waals surface area contributed by atoms with Crippen LogP contribution in [-0.4, -0.2) is 19.2 Å². The summed E-state index contributed by atoms with van der Waals surface area (Å²) in [5.41, 5.74) is 8.96. The molecule has 0 saturated heterocycles. The molecule has 5 heteroatoms. The molecule has 1 aromatic heterocycles. The first-order chi connectivity index (χ1) is 8.76. The zero-order chi connectivity index (χ0) is 13.0. The SMILES string of the molecule is COc1cccc(OC)c1C(N)Cc1cncs1. The van der Waals surface area contributed by atoms with E-state index in [2.05, 4.69) is 4.98 Å². The maximum Gasteiger partial charge on any atom is 0.127 e. The molecule has 2 N–H and O–H groups in total. The number of nitrogens with zero attached hydrogens (tertiary/aromatic N) is 1. The molecule has 0 radical (unpaired) electrons. The maximum atomic E-state index is 6.26. The largest absolute Gasteiger partial charge is 0.496 e. The number of nitrogens with two attached hydrogens (primary N) is 1. The number of benzene rings is 1. The van der Waals surface area contributed by atoms with Crippen LogP contribution in [0.5, 0.6) is 11.5 Å². The molecule has 0 aliphatic carbocycles. The first kappa shape index (κ1) is 12.9. The molecule has 0 aliphatic rings. The van der Waals surface area contributed by atoms with Crippen molar-refractivity contribution in [3.63, 3.8) is 0 Å². The van der Waals surface area contributed by atoms with Gasteiger partial charge in [0, 0.05) is 23.5 Å². The highest BCUT2D eigenvalue weighted by molar-refractivity contribution is 7.09. The van der Waals surface area contributed by atoms with Gasteiger partial charge in [-0.1, -0.05) is 6.07 Å². The lowest BCUT2D eigenvalue weighted by molar-refractivity contribution is 0.379. The smallest absolute Gasteiger partial charge is 0.127 e. The van der Waals surface area contributed by atoms with Gasteiger partial charge < -0.3 is 15.2 Å². The van der Waals surface area contributed by atoms with E-state index in [0.29, 0.717) is 0 Å². The Balaban J connectivity index is 2.30. The van der Waals surface area contributed by atoms with E-state index in [0.717, 1.165) is 28.4 Å². The topological polar surface area (TPSA) is 57.4 Å². The monoisotopic (exact) mass is 264 g/mol. The van der Waals surface area contributed by atoms with Crippen molar-refractivity contribution in [2.24, 2.45) is 5.73 Å². The van der Waals surface area contributed by atoms with Gasteiger partial charge in [0.1, 0.15) is 11.5 Å². The molecule has 2 rings (SSSR count). The van der Waals surface area contributed by atoms with Gasteiger partial charge in [0.2, 0.25) is 0 Å². The highest BCUT2D eigenvalue weighted by Crippen LogP contribution is 2.34. The number of hydrogen-bond donors (Lipinski definition) is 1. The molecule has 96 valence electrons. The van der Waals surface area contributed by atoms with Gasteiger partial charge in [0.05, 0.1) is 25.3 Å². The number of aromatic nitrogens is 1. The van der Waals surface area contributed by atoms with E-state index in [-0.39, 0.29) is 6.04 Å². The molecule has 1 unspecified atom stereocenters. The molecule has 1 aromatic carbocycles. The van der Waals surface area contributed by atoms with E-state index < -0.39 is 0 Å². The van der Waals surface area contributed by atoms with Gasteiger partial charge in [-0.2, -0.15) is 0 Å². The lowest BCUT2D eigenvalue weighted by Gasteiger charge is -2.18. The van der Waals surface area contributed by atoms with Crippen molar-refractivity contribution in [3.05, 3.63) is 40.3 Å². The van der Waals surface area contributed by atoms with Crippen LogP contribution in [-0.2, 0) is 6.42 Å². The summed E-state index contributed by atoms with van der Waals surface area (Å²) in [6, 6.07) is 5.51. The molecule has 1 heterocycles. The van der Waals surface area contributed by atoms with E-state index in [4.69, 9.17) is 15.2 Å². The van der Waals surface area contributed by atoms with Crippen LogP contribution in [0.2, 0.25) is 0 Å². The Bertz CT molecular complexity index is 477. The van der Waals surface area contributed by atoms with Crippen LogP contribution in [0.4, 0.5) is 0 Å². The molecule has 0 fully saturated rings. The van der Waals surface area contributed by atoms with Crippen molar-refractivity contribution in [3.8, 4) is 11.5 Å². The van der Waals surface area contributed by atoms with Crippen LogP contribution in [0, 0.1) is 0 Å². The average Bonchev–Trinajstić information content (AvgIpc) is 2.90. The Morgan fingerprint density at radius 2 is 1.94 bits per heavy atom. The molecule has 0 amide bonds. The molecule has 4 nitrogen and oxygen atoms in total. The highest BCUT2D eigenvalue weighted by Gasteiger charge is 2.18. The van der Waals surface area contributed by atoms with Gasteiger partial charge in [-0.3, -0.25) is 4.98 Å². The summed E-state index contributed by atoms with van der Waals surface area (Å²) in [6.45, 7) is 0. The standard InChI is InChI=1S/C13H16N2O2S/c1-16-11-4-3-5-12(17-2)13(11)10(14)6-9-7-15-8-18-9/h3-5,7-8,10H,6,14H2,1-2H3. The van der Waals surface area contributed by atoms with E-state index >= 15 is 0 Å². The van der Waals surface area contributed by atoms with Gasteiger partial charge in [-0.05, 0) is 12.1 Å². The zero-order valence-corrected chi connectivity index (χ0v) is 11.2. The van der Waals surface area contributed by atoms with Crippen LogP contribution in [0.15, 0.2) is 29.9 Å². The van der Waals surface area contributed by atoms with Crippen molar-refractivity contribution in [2.45, 2.75) is 12.5 Å². The Morgan fingerprint density at radius 3 is 2.44 bits per heavy atom. The fourth-order valence-electron chi connectivity index (χ4n) is 1.91. The minimum Gasteiger partial charge on any atom is -0.496 e. The molecule has 2 aromatic rings. The third-order valence-electron chi connectivity index (χ3n) is 2.74. The first-order valence-corrected chi connectivity index (χ1v) is 6.48. The predicted octanol–water partition coefficient (Wildman–Crippen LogP) is 2.40. The van der Waals surface area contributed by atoms with Crippen molar-refractivity contribution < 1.29 is 9.47 Å². The lowest BCUT2D eigenvalue weighted by atomic mass is 10.0. The summed E-state index contributed by atoms with van der Waals surface area (Å²) in [5, 5.41) is 0. The molecule has 0 bridgehead atoms. The molecular weight excluding hydrogens is 248 g/mol. The van der Waals surface area contributed by atoms with Crippen LogP contribution in [0.1, 0.15) is 16.5 Å². The Morgan fingerprint density at radius 1 is 1.28 bits per heavy atom. The third-order valence-corrected chi connectivity index (χ3v) is 3.54. The van der Waals surface area contributed by atoms with E-state index in [1.165, 1.54) is 0 Å². The fourth-order valence-corrected chi connectivity index (χ4v) is 2.56. The van der Waals surface area contributed by atoms with Gasteiger partial charge in [-0.15, -0.1) is 11.3 Å². The molecule has 1 atom stereocenters. The number of thiazole rings is 1. The summed E-state index contributed by atoms with van der Waals surface area (Å²) in [5.74, 6) is 1.51. The van der Waals surface area contributed by atoms with E-state index in [9.17, 15) is 0 Å². The number of ether oxygens (including phenoxy) is 2. The van der Waals surface area contributed by atoms with Crippen LogP contribution in [0.3, 0.4) is 0 Å². The van der Waals surface area contributed by atoms with Crippen LogP contribution >= 0.6 is 11.3 Å². The van der Waals surface area contributed by atoms with E-state index in [1.807, 2.05) is 29.9 Å². The fraction of sp³-hybridized carbons (Fsp3) is 0.308. The summed E-state index contributed by atoms with van der Waals surface area (Å²) >= 11 is 1.60. The van der Waals surface area contributed by atoms with Gasteiger partial charge in [0.15, 0.2) is 0 Å². The second-order valence-electron chi connectivity index (χ2n) is 3.85. The normalized spacial score (nSPS) is 12.2. The molecule has 0 saturated carbocycles. The molecule has 0 spiro atoms. The van der Waals surface area contributed by atoms with Crippen molar-refractivity contribution in [2.75, 3.05) is 14.2 Å². The van der Waals surface area contributed by atoms with Gasteiger partial charge in [-0.25, -0.2) is 0 Å². The lowest BCUT2D eigenvalue weighted by Crippen LogP contribution is -2.15. The summed E-state index contributed by atoms with van der Waals surface area (Å²) in [6.07, 6.45) is 2.56. The van der Waals surface area contributed by atoms with Crippen molar-refractivity contribution in [1.29, 1.82) is 0 Å². The molecule has 0 aliphatic heterocycles. The second-order valence-corrected chi connectivity index (χ2v) is 4.83. The number of hydrogen-bond acceptors (Lipinski definition) is 5. The van der Waals surface area contributed by atoms with Gasteiger partial charge in [0.25, 0.3) is 0 Å². The average molecular weight is 264 g/mol. The maximum absolute atomic E-state index is 6.26. The van der Waals surface area contributed by atoms with E-state index in [1.54, 1.807) is 25.6 Å².